The fraction of sp³-hybridized carbons (Fsp3) is 0.647. The van der Waals surface area contributed by atoms with E-state index in [1.165, 1.54) is 31.2 Å². The average Bonchev–Trinajstić information content (AvgIpc) is 2.29. The van der Waals surface area contributed by atoms with Gasteiger partial charge in [-0.1, -0.05) is 50.1 Å². The molecule has 1 rings (SSSR count). The van der Waals surface area contributed by atoms with E-state index in [1.807, 2.05) is 0 Å². The third-order valence-corrected chi connectivity index (χ3v) is 4.45. The molecule has 0 atom stereocenters. The fourth-order valence-electron chi connectivity index (χ4n) is 2.36. The zero-order valence-corrected chi connectivity index (χ0v) is 12.9. The van der Waals surface area contributed by atoms with Crippen molar-refractivity contribution in [2.45, 2.75) is 58.5 Å². The van der Waals surface area contributed by atoms with Gasteiger partial charge in [0.05, 0.1) is 19.6 Å². The minimum atomic E-state index is 0.338. The highest BCUT2D eigenvalue weighted by Crippen LogP contribution is 2.28. The van der Waals surface area contributed by atoms with Crippen LogP contribution in [0.15, 0.2) is 30.3 Å². The molecule has 0 aliphatic carbocycles. The molecular weight excluding hydrogens is 218 g/mol. The maximum atomic E-state index is 2.41. The summed E-state index contributed by atoms with van der Waals surface area (Å²) in [4.78, 5) is 0. The molecule has 0 spiro atoms. The Morgan fingerprint density at radius 3 is 2.17 bits per heavy atom. The molecule has 0 radical (unpaired) electrons. The van der Waals surface area contributed by atoms with Crippen molar-refractivity contribution in [2.75, 3.05) is 14.1 Å². The minimum Gasteiger partial charge on any atom is -0.320 e. The summed E-state index contributed by atoms with van der Waals surface area (Å²) < 4.78 is 1.06. The second-order valence-corrected chi connectivity index (χ2v) is 6.60. The molecule has 0 unspecified atom stereocenters. The number of hydrogen-bond acceptors (Lipinski definition) is 0. The number of benzene rings is 1. The molecule has 1 aromatic carbocycles. The molecule has 0 aliphatic rings. The molecule has 102 valence electrons. The largest absolute Gasteiger partial charge is 0.320 e. The summed E-state index contributed by atoms with van der Waals surface area (Å²) >= 11 is 0. The van der Waals surface area contributed by atoms with Crippen LogP contribution in [0.2, 0.25) is 0 Å². The first kappa shape index (κ1) is 15.2. The Bertz CT molecular complexity index is 338. The second-order valence-electron chi connectivity index (χ2n) is 6.60. The molecule has 0 aromatic heterocycles. The smallest absolute Gasteiger partial charge is 0.104 e. The van der Waals surface area contributed by atoms with Crippen LogP contribution in [0.4, 0.5) is 0 Å². The maximum Gasteiger partial charge on any atom is 0.104 e. The molecule has 0 N–H and O–H groups in total. The lowest BCUT2D eigenvalue weighted by Crippen LogP contribution is -2.55. The molecule has 18 heavy (non-hydrogen) atoms. The Hall–Kier alpha value is -0.820. The summed E-state index contributed by atoms with van der Waals surface area (Å²) in [6.45, 7) is 8.20. The SMILES string of the molecule is CCCCCC(C)(C)[N+](C)(C)Cc1ccccc1. The lowest BCUT2D eigenvalue weighted by Gasteiger charge is -2.45. The lowest BCUT2D eigenvalue weighted by atomic mass is 9.92. The number of rotatable bonds is 7. The van der Waals surface area contributed by atoms with Gasteiger partial charge in [-0.15, -0.1) is 0 Å². The Morgan fingerprint density at radius 1 is 1.00 bits per heavy atom. The number of unbranched alkanes of at least 4 members (excludes halogenated alkanes) is 2. The molecular formula is C17H30N+. The zero-order valence-electron chi connectivity index (χ0n) is 12.9. The molecule has 0 bridgehead atoms. The summed E-state index contributed by atoms with van der Waals surface area (Å²) in [5.74, 6) is 0. The normalized spacial score (nSPS) is 12.7. The van der Waals surface area contributed by atoms with E-state index in [0.717, 1.165) is 11.0 Å². The summed E-state index contributed by atoms with van der Waals surface area (Å²) in [7, 11) is 4.72. The van der Waals surface area contributed by atoms with E-state index in [4.69, 9.17) is 0 Å². The van der Waals surface area contributed by atoms with Crippen molar-refractivity contribution in [3.63, 3.8) is 0 Å². The van der Waals surface area contributed by atoms with E-state index in [1.54, 1.807) is 0 Å². The van der Waals surface area contributed by atoms with Crippen LogP contribution in [0.3, 0.4) is 0 Å². The molecule has 1 nitrogen and oxygen atoms in total. The van der Waals surface area contributed by atoms with Gasteiger partial charge in [-0.05, 0) is 20.3 Å². The highest BCUT2D eigenvalue weighted by Gasteiger charge is 2.35. The monoisotopic (exact) mass is 248 g/mol. The molecule has 0 saturated heterocycles. The number of hydrogen-bond donors (Lipinski definition) is 0. The van der Waals surface area contributed by atoms with Crippen molar-refractivity contribution in [1.82, 2.24) is 0 Å². The molecule has 0 saturated carbocycles. The highest BCUT2D eigenvalue weighted by molar-refractivity contribution is 5.13. The van der Waals surface area contributed by atoms with Crippen molar-refractivity contribution < 1.29 is 4.48 Å². The molecule has 1 heteroatoms. The Balaban J connectivity index is 2.66. The van der Waals surface area contributed by atoms with Gasteiger partial charge >= 0.3 is 0 Å². The Morgan fingerprint density at radius 2 is 1.61 bits per heavy atom. The van der Waals surface area contributed by atoms with Crippen LogP contribution in [0.5, 0.6) is 0 Å². The zero-order chi connectivity index (χ0) is 13.6. The fourth-order valence-corrected chi connectivity index (χ4v) is 2.36. The van der Waals surface area contributed by atoms with Gasteiger partial charge in [-0.3, -0.25) is 0 Å². The summed E-state index contributed by atoms with van der Waals surface area (Å²) in [6.07, 6.45) is 5.32. The molecule has 0 aliphatic heterocycles. The minimum absolute atomic E-state index is 0.338. The standard InChI is InChI=1S/C17H30N/c1-6-7-11-14-17(2,3)18(4,5)15-16-12-9-8-10-13-16/h8-10,12-13H,6-7,11,14-15H2,1-5H3/q+1. The summed E-state index contributed by atoms with van der Waals surface area (Å²) in [5.41, 5.74) is 1.77. The van der Waals surface area contributed by atoms with Gasteiger partial charge in [0.2, 0.25) is 0 Å². The van der Waals surface area contributed by atoms with Crippen molar-refractivity contribution in [1.29, 1.82) is 0 Å². The predicted octanol–water partition coefficient (Wildman–Crippen LogP) is 4.62. The van der Waals surface area contributed by atoms with Crippen molar-refractivity contribution in [3.8, 4) is 0 Å². The van der Waals surface area contributed by atoms with Crippen LogP contribution in [-0.2, 0) is 6.54 Å². The van der Waals surface area contributed by atoms with E-state index in [0.29, 0.717) is 5.54 Å². The van der Waals surface area contributed by atoms with Crippen LogP contribution < -0.4 is 0 Å². The van der Waals surface area contributed by atoms with Crippen LogP contribution in [0.1, 0.15) is 52.0 Å². The highest BCUT2D eigenvalue weighted by atomic mass is 15.4. The van der Waals surface area contributed by atoms with Crippen LogP contribution >= 0.6 is 0 Å². The average molecular weight is 248 g/mol. The predicted molar refractivity (Wildman–Crippen MR) is 80.5 cm³/mol. The van der Waals surface area contributed by atoms with Crippen molar-refractivity contribution >= 4 is 0 Å². The van der Waals surface area contributed by atoms with Crippen LogP contribution in [0, 0.1) is 0 Å². The van der Waals surface area contributed by atoms with Crippen LogP contribution in [0.25, 0.3) is 0 Å². The van der Waals surface area contributed by atoms with Gasteiger partial charge in [-0.25, -0.2) is 0 Å². The van der Waals surface area contributed by atoms with Gasteiger partial charge in [0.15, 0.2) is 0 Å². The third-order valence-electron chi connectivity index (χ3n) is 4.45. The van der Waals surface area contributed by atoms with Crippen molar-refractivity contribution in [3.05, 3.63) is 35.9 Å². The van der Waals surface area contributed by atoms with E-state index in [9.17, 15) is 0 Å². The van der Waals surface area contributed by atoms with Gasteiger partial charge in [-0.2, -0.15) is 0 Å². The maximum absolute atomic E-state index is 2.41. The molecule has 0 heterocycles. The molecule has 0 amide bonds. The van der Waals surface area contributed by atoms with Gasteiger partial charge in [0.25, 0.3) is 0 Å². The number of quaternary nitrogens is 1. The lowest BCUT2D eigenvalue weighted by molar-refractivity contribution is -0.950. The topological polar surface area (TPSA) is 0 Å². The van der Waals surface area contributed by atoms with Gasteiger partial charge in [0, 0.05) is 12.0 Å². The first-order chi connectivity index (χ1) is 8.39. The van der Waals surface area contributed by atoms with Crippen LogP contribution in [-0.4, -0.2) is 24.1 Å². The second kappa shape index (κ2) is 6.38. The first-order valence-corrected chi connectivity index (χ1v) is 7.26. The van der Waals surface area contributed by atoms with Gasteiger partial charge < -0.3 is 4.48 Å². The van der Waals surface area contributed by atoms with E-state index < -0.39 is 0 Å². The van der Waals surface area contributed by atoms with E-state index >= 15 is 0 Å². The quantitative estimate of drug-likeness (QED) is 0.488. The van der Waals surface area contributed by atoms with Gasteiger partial charge in [0.1, 0.15) is 6.54 Å². The Kier molecular flexibility index (Phi) is 5.40. The van der Waals surface area contributed by atoms with Crippen molar-refractivity contribution in [2.24, 2.45) is 0 Å². The third kappa shape index (κ3) is 4.13. The summed E-state index contributed by atoms with van der Waals surface area (Å²) in [5, 5.41) is 0. The Labute approximate surface area is 113 Å². The van der Waals surface area contributed by atoms with E-state index in [2.05, 4.69) is 65.2 Å². The summed E-state index contributed by atoms with van der Waals surface area (Å²) in [6, 6.07) is 10.8. The molecule has 0 fully saturated rings. The molecule has 1 aromatic rings. The van der Waals surface area contributed by atoms with E-state index in [-0.39, 0.29) is 0 Å². The number of nitrogens with zero attached hydrogens (tertiary/aromatic N) is 1. The first-order valence-electron chi connectivity index (χ1n) is 7.26.